The summed E-state index contributed by atoms with van der Waals surface area (Å²) in [6, 6.07) is 13.3. The Bertz CT molecular complexity index is 1640. The van der Waals surface area contributed by atoms with Gasteiger partial charge in [0.2, 0.25) is 23.0 Å². The van der Waals surface area contributed by atoms with Crippen molar-refractivity contribution >= 4 is 29.2 Å². The van der Waals surface area contributed by atoms with Crippen LogP contribution in [0.3, 0.4) is 0 Å². The third kappa shape index (κ3) is 7.96. The van der Waals surface area contributed by atoms with Crippen molar-refractivity contribution in [3.63, 3.8) is 0 Å². The average molecular weight is 632 g/mol. The number of amides is 2. The maximum absolute atomic E-state index is 13.5. The van der Waals surface area contributed by atoms with Crippen LogP contribution in [0.1, 0.15) is 66.6 Å². The number of carbonyl (C=O) groups excluding carboxylic acids is 3. The van der Waals surface area contributed by atoms with Crippen molar-refractivity contribution in [3.8, 4) is 28.4 Å². The molecule has 0 aromatic heterocycles. The molecule has 2 amide bonds. The molecule has 0 radical (unpaired) electrons. The van der Waals surface area contributed by atoms with E-state index in [2.05, 4.69) is 20.7 Å². The molecule has 3 N–H and O–H groups in total. The van der Waals surface area contributed by atoms with Gasteiger partial charge in [-0.15, -0.1) is 0 Å². The predicted octanol–water partition coefficient (Wildman–Crippen LogP) is 5.26. The fraction of sp³-hybridized carbons (Fsp3) is 0.371. The van der Waals surface area contributed by atoms with Crippen LogP contribution in [0.25, 0.3) is 11.1 Å². The van der Waals surface area contributed by atoms with Crippen LogP contribution < -0.4 is 35.6 Å². The van der Waals surface area contributed by atoms with Gasteiger partial charge in [0, 0.05) is 31.1 Å². The zero-order valence-corrected chi connectivity index (χ0v) is 26.9. The van der Waals surface area contributed by atoms with Crippen molar-refractivity contribution in [2.75, 3.05) is 45.6 Å². The maximum Gasteiger partial charge on any atom is 0.337 e. The van der Waals surface area contributed by atoms with Crippen molar-refractivity contribution in [2.45, 2.75) is 51.5 Å². The molecule has 0 saturated carbocycles. The second-order valence-electron chi connectivity index (χ2n) is 11.0. The third-order valence-electron chi connectivity index (χ3n) is 7.90. The van der Waals surface area contributed by atoms with Gasteiger partial charge in [-0.05, 0) is 84.8 Å². The summed E-state index contributed by atoms with van der Waals surface area (Å²) in [6.07, 6.45) is 3.75. The van der Waals surface area contributed by atoms with Gasteiger partial charge in [-0.3, -0.25) is 14.4 Å². The van der Waals surface area contributed by atoms with E-state index in [1.54, 1.807) is 57.7 Å². The van der Waals surface area contributed by atoms with E-state index in [0.717, 1.165) is 29.5 Å². The van der Waals surface area contributed by atoms with Crippen molar-refractivity contribution in [3.05, 3.63) is 75.4 Å². The molecule has 11 nitrogen and oxygen atoms in total. The lowest BCUT2D eigenvalue weighted by Gasteiger charge is -2.19. The molecule has 0 aliphatic heterocycles. The molecule has 1 atom stereocenters. The Balaban J connectivity index is 1.45. The number of rotatable bonds is 13. The van der Waals surface area contributed by atoms with E-state index in [1.807, 2.05) is 12.1 Å². The fourth-order valence-electron chi connectivity index (χ4n) is 5.70. The lowest BCUT2D eigenvalue weighted by Crippen LogP contribution is -2.26. The van der Waals surface area contributed by atoms with Crippen molar-refractivity contribution in [1.82, 2.24) is 5.32 Å². The van der Waals surface area contributed by atoms with E-state index in [1.165, 1.54) is 14.0 Å². The standard InChI is InChI=1S/C35H41N3O8/c1-21(39)37-27-16-12-23-19-30(43-2)33(44-3)34(45-4)32(23)25-15-17-28(29(40)20-26(25)27)36-18-8-6-7-9-31(41)38-24-13-10-22(11-14-24)35(42)46-5/h10-11,13-15,17,19-20,27H,6-9,12,16,18H2,1-5H3,(H,36,40)(H,37,39)(H,38,41)/t27-/m0/s1. The number of carbonyl (C=O) groups is 3. The number of fused-ring (bicyclic) bond motifs is 3. The van der Waals surface area contributed by atoms with Gasteiger partial charge in [0.05, 0.1) is 45.7 Å². The normalized spacial score (nSPS) is 13.3. The van der Waals surface area contributed by atoms with E-state index in [-0.39, 0.29) is 23.3 Å². The number of hydrogen-bond donors (Lipinski definition) is 3. The number of anilines is 2. The molecule has 0 saturated heterocycles. The highest BCUT2D eigenvalue weighted by molar-refractivity contribution is 5.93. The minimum Gasteiger partial charge on any atom is -0.493 e. The van der Waals surface area contributed by atoms with E-state index in [9.17, 15) is 19.2 Å². The molecule has 1 aliphatic carbocycles. The lowest BCUT2D eigenvalue weighted by molar-refractivity contribution is -0.119. The van der Waals surface area contributed by atoms with Gasteiger partial charge in [-0.25, -0.2) is 4.79 Å². The third-order valence-corrected chi connectivity index (χ3v) is 7.90. The zero-order chi connectivity index (χ0) is 33.2. The van der Waals surface area contributed by atoms with E-state index in [0.29, 0.717) is 72.0 Å². The van der Waals surface area contributed by atoms with Crippen LogP contribution >= 0.6 is 0 Å². The zero-order valence-electron chi connectivity index (χ0n) is 26.9. The van der Waals surface area contributed by atoms with Gasteiger partial charge < -0.3 is 34.9 Å². The second-order valence-corrected chi connectivity index (χ2v) is 11.0. The van der Waals surface area contributed by atoms with Crippen LogP contribution in [-0.2, 0) is 20.7 Å². The summed E-state index contributed by atoms with van der Waals surface area (Å²) < 4.78 is 21.8. The summed E-state index contributed by atoms with van der Waals surface area (Å²) in [5.41, 5.74) is 4.47. The average Bonchev–Trinajstić information content (AvgIpc) is 3.29. The summed E-state index contributed by atoms with van der Waals surface area (Å²) in [5.74, 6) is 0.748. The number of ether oxygens (including phenoxy) is 4. The Kier molecular flexibility index (Phi) is 11.6. The van der Waals surface area contributed by atoms with Crippen LogP contribution in [0.15, 0.2) is 53.3 Å². The van der Waals surface area contributed by atoms with E-state index < -0.39 is 5.97 Å². The van der Waals surface area contributed by atoms with Crippen LogP contribution in [0.4, 0.5) is 11.4 Å². The van der Waals surface area contributed by atoms with Gasteiger partial charge in [0.15, 0.2) is 11.5 Å². The highest BCUT2D eigenvalue weighted by Crippen LogP contribution is 2.50. The summed E-state index contributed by atoms with van der Waals surface area (Å²) in [7, 11) is 6.00. The van der Waals surface area contributed by atoms with Gasteiger partial charge >= 0.3 is 5.97 Å². The number of methoxy groups -OCH3 is 4. The van der Waals surface area contributed by atoms with Crippen molar-refractivity contribution in [2.24, 2.45) is 0 Å². The molecule has 0 spiro atoms. The minimum absolute atomic E-state index is 0.115. The van der Waals surface area contributed by atoms with Crippen molar-refractivity contribution in [1.29, 1.82) is 0 Å². The first-order valence-corrected chi connectivity index (χ1v) is 15.2. The first-order valence-electron chi connectivity index (χ1n) is 15.2. The fourth-order valence-corrected chi connectivity index (χ4v) is 5.70. The van der Waals surface area contributed by atoms with Gasteiger partial charge in [0.1, 0.15) is 0 Å². The highest BCUT2D eigenvalue weighted by Gasteiger charge is 2.29. The minimum atomic E-state index is -0.434. The highest BCUT2D eigenvalue weighted by atomic mass is 16.5. The summed E-state index contributed by atoms with van der Waals surface area (Å²) in [4.78, 5) is 49.5. The topological polar surface area (TPSA) is 141 Å². The van der Waals surface area contributed by atoms with E-state index in [4.69, 9.17) is 14.2 Å². The molecular formula is C35H41N3O8. The Hall–Kier alpha value is -5.06. The number of nitrogens with one attached hydrogen (secondary N) is 3. The van der Waals surface area contributed by atoms with Crippen molar-refractivity contribution < 1.29 is 33.3 Å². The molecule has 3 aromatic carbocycles. The SMILES string of the molecule is COC(=O)c1ccc(NC(=O)CCCCCNc2ccc3c(cc2=O)[C@@H](NC(C)=O)CCc2cc(OC)c(OC)c(OC)c2-3)cc1. The summed E-state index contributed by atoms with van der Waals surface area (Å²) >= 11 is 0. The second kappa shape index (κ2) is 15.8. The number of unbranched alkanes of at least 4 members (excludes halogenated alkanes) is 2. The number of benzene rings is 2. The maximum atomic E-state index is 13.5. The van der Waals surface area contributed by atoms with Gasteiger partial charge in [-0.2, -0.15) is 0 Å². The molecule has 0 unspecified atom stereocenters. The van der Waals surface area contributed by atoms with Crippen LogP contribution in [0.2, 0.25) is 0 Å². The monoisotopic (exact) mass is 631 g/mol. The van der Waals surface area contributed by atoms with Crippen LogP contribution in [0, 0.1) is 0 Å². The largest absolute Gasteiger partial charge is 0.493 e. The Morgan fingerprint density at radius 1 is 0.870 bits per heavy atom. The lowest BCUT2D eigenvalue weighted by atomic mass is 9.95. The van der Waals surface area contributed by atoms with Crippen LogP contribution in [0.5, 0.6) is 17.2 Å². The number of hydrogen-bond acceptors (Lipinski definition) is 9. The summed E-state index contributed by atoms with van der Waals surface area (Å²) in [6.45, 7) is 2.01. The molecule has 46 heavy (non-hydrogen) atoms. The molecule has 4 rings (SSSR count). The molecule has 244 valence electrons. The quantitative estimate of drug-likeness (QED) is 0.170. The molecule has 0 fully saturated rings. The number of esters is 1. The molecule has 3 aromatic rings. The van der Waals surface area contributed by atoms with Crippen LogP contribution in [-0.4, -0.2) is 52.8 Å². The molecular weight excluding hydrogens is 590 g/mol. The first-order chi connectivity index (χ1) is 22.2. The Morgan fingerprint density at radius 2 is 1.61 bits per heavy atom. The Labute approximate surface area is 268 Å². The molecule has 11 heteroatoms. The first kappa shape index (κ1) is 33.8. The van der Waals surface area contributed by atoms with Gasteiger partial charge in [0.25, 0.3) is 0 Å². The molecule has 1 aliphatic rings. The van der Waals surface area contributed by atoms with Gasteiger partial charge in [-0.1, -0.05) is 12.5 Å². The molecule has 0 bridgehead atoms. The Morgan fingerprint density at radius 3 is 2.26 bits per heavy atom. The number of aryl methyl sites for hydroxylation is 1. The predicted molar refractivity (Wildman–Crippen MR) is 176 cm³/mol. The summed E-state index contributed by atoms with van der Waals surface area (Å²) in [5, 5.41) is 9.10. The van der Waals surface area contributed by atoms with E-state index >= 15 is 0 Å². The molecule has 0 heterocycles. The smallest absolute Gasteiger partial charge is 0.337 e.